The Balaban J connectivity index is 1.46. The van der Waals surface area contributed by atoms with E-state index >= 15 is 0 Å². The lowest BCUT2D eigenvalue weighted by Crippen LogP contribution is -2.31. The number of aromatic amines is 1. The van der Waals surface area contributed by atoms with E-state index < -0.39 is 0 Å². The Morgan fingerprint density at radius 1 is 1.00 bits per heavy atom. The van der Waals surface area contributed by atoms with E-state index in [9.17, 15) is 4.79 Å². The van der Waals surface area contributed by atoms with E-state index in [1.165, 1.54) is 44.9 Å². The number of para-hydroxylation sites is 2. The summed E-state index contributed by atoms with van der Waals surface area (Å²) in [5.74, 6) is 0.863. The highest BCUT2D eigenvalue weighted by Gasteiger charge is 2.40. The van der Waals surface area contributed by atoms with Gasteiger partial charge in [-0.15, -0.1) is 0 Å². The zero-order valence-corrected chi connectivity index (χ0v) is 19.9. The van der Waals surface area contributed by atoms with Crippen LogP contribution >= 0.6 is 0 Å². The Hall–Kier alpha value is -3.01. The number of aromatic nitrogens is 2. The molecule has 2 aromatic heterocycles. The Kier molecular flexibility index (Phi) is 4.69. The van der Waals surface area contributed by atoms with Gasteiger partial charge in [-0.1, -0.05) is 57.2 Å². The molecule has 1 fully saturated rings. The van der Waals surface area contributed by atoms with Gasteiger partial charge in [-0.3, -0.25) is 4.79 Å². The van der Waals surface area contributed by atoms with Gasteiger partial charge in [0.1, 0.15) is 0 Å². The first-order valence-corrected chi connectivity index (χ1v) is 12.3. The van der Waals surface area contributed by atoms with Crippen LogP contribution in [0.3, 0.4) is 0 Å². The Bertz CT molecular complexity index is 1350. The van der Waals surface area contributed by atoms with Crippen molar-refractivity contribution in [1.82, 2.24) is 14.5 Å². The van der Waals surface area contributed by atoms with Gasteiger partial charge in [0.05, 0.1) is 5.52 Å². The number of benzene rings is 2. The molecule has 2 aromatic carbocycles. The normalized spacial score (nSPS) is 20.8. The minimum Gasteiger partial charge on any atom is -0.361 e. The molecule has 4 heteroatoms. The topological polar surface area (TPSA) is 41.0 Å². The van der Waals surface area contributed by atoms with Crippen molar-refractivity contribution in [3.8, 4) is 0 Å². The number of hydrogen-bond acceptors (Lipinski definition) is 1. The molecule has 2 atom stereocenters. The number of amides is 1. The molecule has 2 aliphatic heterocycles. The molecule has 0 unspecified atom stereocenters. The molecule has 4 nitrogen and oxygen atoms in total. The molecule has 0 aliphatic carbocycles. The van der Waals surface area contributed by atoms with Crippen molar-refractivity contribution in [1.29, 1.82) is 0 Å². The Labute approximate surface area is 195 Å². The SMILES string of the molecule is CC(C)(C)CC(=O)N1C[C@@H](c2c[nH]c3ccccc23)[C@H](c2cn3c4c(cccc24)CCC3)C1. The van der Waals surface area contributed by atoms with Crippen LogP contribution < -0.4 is 0 Å². The molecular formula is C29H33N3O. The molecular weight excluding hydrogens is 406 g/mol. The minimum absolute atomic E-state index is 0.00483. The van der Waals surface area contributed by atoms with E-state index in [2.05, 4.69) is 90.1 Å². The first-order valence-electron chi connectivity index (χ1n) is 12.3. The molecule has 0 bridgehead atoms. The van der Waals surface area contributed by atoms with Gasteiger partial charge in [0.15, 0.2) is 0 Å². The van der Waals surface area contributed by atoms with E-state index in [0.29, 0.717) is 12.3 Å². The fourth-order valence-electron chi connectivity index (χ4n) is 6.18. The van der Waals surface area contributed by atoms with Crippen LogP contribution in [0.1, 0.15) is 62.1 Å². The van der Waals surface area contributed by atoms with Crippen LogP contribution in [0.2, 0.25) is 0 Å². The second-order valence-electron chi connectivity index (χ2n) is 11.2. The first-order chi connectivity index (χ1) is 15.9. The van der Waals surface area contributed by atoms with Gasteiger partial charge in [-0.05, 0) is 41.0 Å². The third kappa shape index (κ3) is 3.47. The Morgan fingerprint density at radius 2 is 1.76 bits per heavy atom. The lowest BCUT2D eigenvalue weighted by molar-refractivity contribution is -0.132. The number of rotatable bonds is 3. The van der Waals surface area contributed by atoms with Crippen molar-refractivity contribution < 1.29 is 4.79 Å². The van der Waals surface area contributed by atoms with Gasteiger partial charge >= 0.3 is 0 Å². The van der Waals surface area contributed by atoms with E-state index in [0.717, 1.165) is 26.1 Å². The van der Waals surface area contributed by atoms with Crippen LogP contribution in [0.4, 0.5) is 0 Å². The molecule has 1 saturated heterocycles. The number of fused-ring (bicyclic) bond motifs is 1. The van der Waals surface area contributed by atoms with Crippen LogP contribution in [0.15, 0.2) is 54.9 Å². The van der Waals surface area contributed by atoms with E-state index in [1.54, 1.807) is 0 Å². The maximum atomic E-state index is 13.3. The molecule has 4 aromatic rings. The molecule has 6 rings (SSSR count). The maximum absolute atomic E-state index is 13.3. The smallest absolute Gasteiger partial charge is 0.223 e. The van der Waals surface area contributed by atoms with Gasteiger partial charge in [-0.25, -0.2) is 0 Å². The highest BCUT2D eigenvalue weighted by Crippen LogP contribution is 2.46. The zero-order chi connectivity index (χ0) is 22.7. The second-order valence-corrected chi connectivity index (χ2v) is 11.2. The van der Waals surface area contributed by atoms with E-state index in [4.69, 9.17) is 0 Å². The third-order valence-corrected chi connectivity index (χ3v) is 7.63. The van der Waals surface area contributed by atoms with Crippen LogP contribution in [0, 0.1) is 5.41 Å². The largest absolute Gasteiger partial charge is 0.361 e. The highest BCUT2D eigenvalue weighted by molar-refractivity contribution is 5.89. The van der Waals surface area contributed by atoms with Crippen LogP contribution in [-0.2, 0) is 17.8 Å². The number of H-pyrrole nitrogens is 1. The standard InChI is InChI=1S/C29H33N3O/c1-29(2,3)14-27(33)32-17-24(22-15-30-26-12-5-4-10-20(22)26)25(18-32)23-16-31-13-7-9-19-8-6-11-21(23)28(19)31/h4-6,8,10-12,15-16,24-25,30H,7,9,13-14,17-18H2,1-3H3/t24-,25-/m0/s1. The summed E-state index contributed by atoms with van der Waals surface area (Å²) in [4.78, 5) is 18.9. The summed E-state index contributed by atoms with van der Waals surface area (Å²) in [5, 5.41) is 2.67. The van der Waals surface area contributed by atoms with Crippen LogP contribution in [0.25, 0.3) is 21.8 Å². The second kappa shape index (κ2) is 7.51. The summed E-state index contributed by atoms with van der Waals surface area (Å²) in [7, 11) is 0. The van der Waals surface area contributed by atoms with Crippen molar-refractivity contribution in [3.63, 3.8) is 0 Å². The molecule has 33 heavy (non-hydrogen) atoms. The first kappa shape index (κ1) is 20.6. The van der Waals surface area contributed by atoms with Crippen molar-refractivity contribution in [2.24, 2.45) is 5.41 Å². The number of nitrogens with one attached hydrogen (secondary N) is 1. The van der Waals surface area contributed by atoms with Crippen LogP contribution in [-0.4, -0.2) is 33.4 Å². The average molecular weight is 440 g/mol. The molecule has 0 saturated carbocycles. The summed E-state index contributed by atoms with van der Waals surface area (Å²) in [6.45, 7) is 9.13. The van der Waals surface area contributed by atoms with Gasteiger partial charge in [-0.2, -0.15) is 0 Å². The van der Waals surface area contributed by atoms with Gasteiger partial charge in [0.2, 0.25) is 5.91 Å². The van der Waals surface area contributed by atoms with E-state index in [1.807, 2.05) is 0 Å². The minimum atomic E-state index is -0.00483. The van der Waals surface area contributed by atoms with Gasteiger partial charge < -0.3 is 14.5 Å². The zero-order valence-electron chi connectivity index (χ0n) is 19.9. The summed E-state index contributed by atoms with van der Waals surface area (Å²) < 4.78 is 2.47. The Morgan fingerprint density at radius 3 is 2.58 bits per heavy atom. The maximum Gasteiger partial charge on any atom is 0.223 e. The number of nitrogens with zero attached hydrogens (tertiary/aromatic N) is 2. The van der Waals surface area contributed by atoms with Crippen LogP contribution in [0.5, 0.6) is 0 Å². The summed E-state index contributed by atoms with van der Waals surface area (Å²) in [6, 6.07) is 15.4. The lowest BCUT2D eigenvalue weighted by Gasteiger charge is -2.23. The van der Waals surface area contributed by atoms with Gasteiger partial charge in [0.25, 0.3) is 0 Å². The van der Waals surface area contributed by atoms with Crippen molar-refractivity contribution >= 4 is 27.7 Å². The summed E-state index contributed by atoms with van der Waals surface area (Å²) in [6.07, 6.45) is 7.53. The average Bonchev–Trinajstić information content (AvgIpc) is 3.48. The predicted octanol–water partition coefficient (Wildman–Crippen LogP) is 6.21. The fraction of sp³-hybridized carbons (Fsp3) is 0.414. The van der Waals surface area contributed by atoms with Crippen molar-refractivity contribution in [2.75, 3.05) is 13.1 Å². The molecule has 170 valence electrons. The number of carbonyl (C=O) groups excluding carboxylic acids is 1. The highest BCUT2D eigenvalue weighted by atomic mass is 16.2. The van der Waals surface area contributed by atoms with E-state index in [-0.39, 0.29) is 17.2 Å². The van der Waals surface area contributed by atoms with Crippen molar-refractivity contribution in [2.45, 2.75) is 58.4 Å². The summed E-state index contributed by atoms with van der Waals surface area (Å²) in [5.41, 5.74) is 6.80. The molecule has 0 radical (unpaired) electrons. The number of hydrogen-bond donors (Lipinski definition) is 1. The number of likely N-dealkylation sites (tertiary alicyclic amines) is 1. The quantitative estimate of drug-likeness (QED) is 0.405. The van der Waals surface area contributed by atoms with Gasteiger partial charge in [0, 0.05) is 66.6 Å². The lowest BCUT2D eigenvalue weighted by atomic mass is 9.83. The number of carbonyl (C=O) groups is 1. The predicted molar refractivity (Wildman–Crippen MR) is 135 cm³/mol. The summed E-state index contributed by atoms with van der Waals surface area (Å²) >= 11 is 0. The molecule has 2 aliphatic rings. The van der Waals surface area contributed by atoms with Crippen molar-refractivity contribution in [3.05, 3.63) is 71.5 Å². The molecule has 0 spiro atoms. The fourth-order valence-corrected chi connectivity index (χ4v) is 6.18. The number of aryl methyl sites for hydroxylation is 2. The third-order valence-electron chi connectivity index (χ3n) is 7.63. The molecule has 1 N–H and O–H groups in total. The monoisotopic (exact) mass is 439 g/mol. The molecule has 4 heterocycles. The molecule has 1 amide bonds.